The molecule has 0 amide bonds. The van der Waals surface area contributed by atoms with Crippen molar-refractivity contribution in [3.05, 3.63) is 16.6 Å². The van der Waals surface area contributed by atoms with Crippen LogP contribution >= 0.6 is 27.3 Å². The molecule has 2 atom stereocenters. The Labute approximate surface area is 86.3 Å². The Morgan fingerprint density at radius 2 is 2.42 bits per heavy atom. The highest BCUT2D eigenvalue weighted by Crippen LogP contribution is 2.22. The molecule has 0 radical (unpaired) electrons. The number of hydrogen-bond acceptors (Lipinski definition) is 2. The van der Waals surface area contributed by atoms with E-state index in [-0.39, 0.29) is 0 Å². The number of aromatic nitrogens is 1. The molecular weight excluding hydrogens is 234 g/mol. The quantitative estimate of drug-likeness (QED) is 0.743. The molecule has 0 bridgehead atoms. The Morgan fingerprint density at radius 1 is 1.67 bits per heavy atom. The minimum Gasteiger partial charge on any atom is -0.253 e. The highest BCUT2D eigenvalue weighted by atomic mass is 79.9. The fraction of sp³-hybridized carbons (Fsp3) is 0.667. The Hall–Kier alpha value is 0.110. The van der Waals surface area contributed by atoms with Gasteiger partial charge >= 0.3 is 0 Å². The Morgan fingerprint density at radius 3 is 2.83 bits per heavy atom. The third-order valence-corrected chi connectivity index (χ3v) is 3.67. The lowest BCUT2D eigenvalue weighted by Gasteiger charge is -2.15. The average molecular weight is 248 g/mol. The molecule has 0 N–H and O–H groups in total. The molecule has 0 aliphatic rings. The van der Waals surface area contributed by atoms with E-state index < -0.39 is 0 Å². The number of alkyl halides is 1. The van der Waals surface area contributed by atoms with Gasteiger partial charge in [-0.3, -0.25) is 4.98 Å². The Bertz CT molecular complexity index is 208. The van der Waals surface area contributed by atoms with Gasteiger partial charge in [-0.25, -0.2) is 0 Å². The summed E-state index contributed by atoms with van der Waals surface area (Å²) in [4.78, 5) is 6.07. The lowest BCUT2D eigenvalue weighted by atomic mass is 9.99. The Kier molecular flexibility index (Phi) is 4.22. The van der Waals surface area contributed by atoms with E-state index in [0.29, 0.717) is 4.83 Å². The molecule has 0 saturated carbocycles. The molecule has 1 rings (SSSR count). The molecule has 0 saturated heterocycles. The average Bonchev–Trinajstić information content (AvgIpc) is 2.51. The summed E-state index contributed by atoms with van der Waals surface area (Å²) in [6.07, 6.45) is 4.36. The van der Waals surface area contributed by atoms with Crippen molar-refractivity contribution in [1.82, 2.24) is 4.98 Å². The summed E-state index contributed by atoms with van der Waals surface area (Å²) in [5.74, 6) is 0.741. The van der Waals surface area contributed by atoms with Crippen molar-refractivity contribution in [3.8, 4) is 0 Å². The van der Waals surface area contributed by atoms with Crippen LogP contribution in [0.3, 0.4) is 0 Å². The third-order valence-electron chi connectivity index (χ3n) is 2.12. The second-order valence-corrected chi connectivity index (χ2v) is 5.43. The van der Waals surface area contributed by atoms with Gasteiger partial charge in [0, 0.05) is 15.9 Å². The van der Waals surface area contributed by atoms with Crippen molar-refractivity contribution in [2.24, 2.45) is 5.92 Å². The topological polar surface area (TPSA) is 12.9 Å². The number of hydrogen-bond donors (Lipinski definition) is 0. The van der Waals surface area contributed by atoms with E-state index in [0.717, 1.165) is 12.3 Å². The molecule has 1 aromatic heterocycles. The molecule has 1 nitrogen and oxygen atoms in total. The number of thiazole rings is 1. The van der Waals surface area contributed by atoms with Gasteiger partial charge < -0.3 is 0 Å². The van der Waals surface area contributed by atoms with Gasteiger partial charge in [0.2, 0.25) is 0 Å². The zero-order valence-electron chi connectivity index (χ0n) is 7.46. The maximum Gasteiger partial charge on any atom is 0.0794 e. The van der Waals surface area contributed by atoms with Crippen LogP contribution in [0.4, 0.5) is 0 Å². The van der Waals surface area contributed by atoms with Gasteiger partial charge in [0.1, 0.15) is 0 Å². The maximum absolute atomic E-state index is 4.07. The van der Waals surface area contributed by atoms with Crippen LogP contribution in [0.2, 0.25) is 0 Å². The molecule has 2 unspecified atom stereocenters. The molecular formula is C9H14BrNS. The lowest BCUT2D eigenvalue weighted by Crippen LogP contribution is -2.12. The number of halogens is 1. The number of nitrogens with zero attached hydrogens (tertiary/aromatic N) is 1. The first kappa shape index (κ1) is 10.2. The fourth-order valence-electron chi connectivity index (χ4n) is 1.23. The summed E-state index contributed by atoms with van der Waals surface area (Å²) >= 11 is 5.38. The van der Waals surface area contributed by atoms with Gasteiger partial charge in [-0.2, -0.15) is 0 Å². The molecule has 0 aromatic carbocycles. The first-order valence-corrected chi connectivity index (χ1v) is 6.05. The molecule has 0 spiro atoms. The van der Waals surface area contributed by atoms with Crippen LogP contribution in [-0.2, 0) is 6.42 Å². The van der Waals surface area contributed by atoms with E-state index in [1.54, 1.807) is 11.3 Å². The van der Waals surface area contributed by atoms with Crippen LogP contribution in [0, 0.1) is 5.92 Å². The van der Waals surface area contributed by atoms with Crippen molar-refractivity contribution in [3.63, 3.8) is 0 Å². The van der Waals surface area contributed by atoms with Gasteiger partial charge in [-0.05, 0) is 12.3 Å². The van der Waals surface area contributed by atoms with Crippen molar-refractivity contribution in [2.75, 3.05) is 0 Å². The summed E-state index contributed by atoms with van der Waals surface area (Å²) in [7, 11) is 0. The van der Waals surface area contributed by atoms with Crippen molar-refractivity contribution in [2.45, 2.75) is 31.5 Å². The van der Waals surface area contributed by atoms with Crippen molar-refractivity contribution < 1.29 is 0 Å². The van der Waals surface area contributed by atoms with Gasteiger partial charge in [-0.15, -0.1) is 11.3 Å². The monoisotopic (exact) mass is 247 g/mol. The minimum absolute atomic E-state index is 0.601. The fourth-order valence-corrected chi connectivity index (χ4v) is 2.48. The summed E-state index contributed by atoms with van der Waals surface area (Å²) in [6.45, 7) is 4.46. The number of rotatable bonds is 4. The lowest BCUT2D eigenvalue weighted by molar-refractivity contribution is 0.511. The first-order valence-electron chi connectivity index (χ1n) is 4.25. The molecule has 1 aromatic rings. The predicted octanol–water partition coefficient (Wildman–Crippen LogP) is 3.50. The SMILES string of the molecule is CCC(Cc1cncs1)C(C)Br. The van der Waals surface area contributed by atoms with Gasteiger partial charge in [0.15, 0.2) is 0 Å². The van der Waals surface area contributed by atoms with Crippen LogP contribution in [0.1, 0.15) is 25.1 Å². The normalized spacial score (nSPS) is 15.9. The second kappa shape index (κ2) is 4.97. The molecule has 1 heterocycles. The third kappa shape index (κ3) is 2.87. The van der Waals surface area contributed by atoms with Crippen LogP contribution in [0.5, 0.6) is 0 Å². The van der Waals surface area contributed by atoms with Gasteiger partial charge in [0.05, 0.1) is 5.51 Å². The molecule has 3 heteroatoms. The summed E-state index contributed by atoms with van der Waals surface area (Å²) in [5.41, 5.74) is 1.90. The molecule has 0 aliphatic carbocycles. The van der Waals surface area contributed by atoms with Crippen LogP contribution < -0.4 is 0 Å². The van der Waals surface area contributed by atoms with E-state index in [2.05, 4.69) is 34.8 Å². The van der Waals surface area contributed by atoms with Crippen molar-refractivity contribution in [1.29, 1.82) is 0 Å². The van der Waals surface area contributed by atoms with Gasteiger partial charge in [-0.1, -0.05) is 36.2 Å². The van der Waals surface area contributed by atoms with Crippen LogP contribution in [-0.4, -0.2) is 9.81 Å². The molecule has 0 aliphatic heterocycles. The summed E-state index contributed by atoms with van der Waals surface area (Å²) < 4.78 is 0. The first-order chi connectivity index (χ1) is 5.74. The zero-order valence-corrected chi connectivity index (χ0v) is 9.86. The van der Waals surface area contributed by atoms with Crippen molar-refractivity contribution >= 4 is 27.3 Å². The van der Waals surface area contributed by atoms with E-state index in [9.17, 15) is 0 Å². The van der Waals surface area contributed by atoms with Crippen LogP contribution in [0.25, 0.3) is 0 Å². The highest BCUT2D eigenvalue weighted by Gasteiger charge is 2.13. The van der Waals surface area contributed by atoms with Gasteiger partial charge in [0.25, 0.3) is 0 Å². The Balaban J connectivity index is 2.48. The molecule has 12 heavy (non-hydrogen) atoms. The molecule has 68 valence electrons. The second-order valence-electron chi connectivity index (χ2n) is 3.02. The summed E-state index contributed by atoms with van der Waals surface area (Å²) in [6, 6.07) is 0. The largest absolute Gasteiger partial charge is 0.253 e. The zero-order chi connectivity index (χ0) is 8.97. The van der Waals surface area contributed by atoms with E-state index in [4.69, 9.17) is 0 Å². The summed E-state index contributed by atoms with van der Waals surface area (Å²) in [5, 5.41) is 0. The van der Waals surface area contributed by atoms with E-state index in [1.807, 2.05) is 11.7 Å². The van der Waals surface area contributed by atoms with Crippen LogP contribution in [0.15, 0.2) is 11.7 Å². The minimum atomic E-state index is 0.601. The predicted molar refractivity (Wildman–Crippen MR) is 58.0 cm³/mol. The van der Waals surface area contributed by atoms with E-state index in [1.165, 1.54) is 11.3 Å². The standard InChI is InChI=1S/C9H14BrNS/c1-3-8(7(2)10)4-9-5-11-6-12-9/h5-8H,3-4H2,1-2H3. The smallest absolute Gasteiger partial charge is 0.0794 e. The highest BCUT2D eigenvalue weighted by molar-refractivity contribution is 9.09. The maximum atomic E-state index is 4.07. The van der Waals surface area contributed by atoms with E-state index >= 15 is 0 Å². The molecule has 0 fully saturated rings.